The van der Waals surface area contributed by atoms with Crippen LogP contribution in [0, 0.1) is 11.8 Å². The van der Waals surface area contributed by atoms with Crippen LogP contribution in [0.25, 0.3) is 10.2 Å². The third kappa shape index (κ3) is 3.30. The van der Waals surface area contributed by atoms with Crippen molar-refractivity contribution in [2.24, 2.45) is 11.8 Å². The SMILES string of the molecule is CC1CCCC(NC(=O)C2(C)Cn3c(cc4sccc43)C(=O)N2Cc2ccco2)C1C. The monoisotopic (exact) mass is 439 g/mol. The van der Waals surface area contributed by atoms with Crippen molar-refractivity contribution in [1.82, 2.24) is 14.8 Å². The Bertz CT molecular complexity index is 1110. The highest BCUT2D eigenvalue weighted by atomic mass is 32.1. The average molecular weight is 440 g/mol. The second kappa shape index (κ2) is 7.55. The standard InChI is InChI=1S/C24H29N3O3S/c1-15-6-4-8-18(16(15)2)25-23(29)24(3)14-26-19-9-11-31-21(19)12-20(26)22(28)27(24)13-17-7-5-10-30-17/h5,7,9-12,15-16,18H,4,6,8,13-14H2,1-3H3,(H,25,29). The van der Waals surface area contributed by atoms with Crippen molar-refractivity contribution >= 4 is 33.4 Å². The zero-order valence-electron chi connectivity index (χ0n) is 18.3. The highest BCUT2D eigenvalue weighted by Crippen LogP contribution is 2.36. The van der Waals surface area contributed by atoms with Crippen molar-refractivity contribution in [3.8, 4) is 0 Å². The van der Waals surface area contributed by atoms with E-state index in [9.17, 15) is 9.59 Å². The maximum Gasteiger partial charge on any atom is 0.271 e. The molecule has 5 rings (SSSR count). The van der Waals surface area contributed by atoms with Gasteiger partial charge < -0.3 is 19.2 Å². The summed E-state index contributed by atoms with van der Waals surface area (Å²) in [7, 11) is 0. The number of carbonyl (C=O) groups is 2. The summed E-state index contributed by atoms with van der Waals surface area (Å²) < 4.78 is 8.62. The number of rotatable bonds is 4. The van der Waals surface area contributed by atoms with E-state index in [2.05, 4.69) is 19.2 Å². The Balaban J connectivity index is 1.52. The average Bonchev–Trinajstić information content (AvgIpc) is 3.47. The molecule has 4 heterocycles. The van der Waals surface area contributed by atoms with Gasteiger partial charge in [0.25, 0.3) is 5.91 Å². The lowest BCUT2D eigenvalue weighted by atomic mass is 9.77. The number of nitrogens with zero attached hydrogens (tertiary/aromatic N) is 2. The second-order valence-corrected chi connectivity index (χ2v) is 10.3. The molecule has 0 aromatic carbocycles. The number of aromatic nitrogens is 1. The third-order valence-electron chi connectivity index (χ3n) is 7.46. The number of fused-ring (bicyclic) bond motifs is 3. The smallest absolute Gasteiger partial charge is 0.271 e. The number of hydrogen-bond acceptors (Lipinski definition) is 4. The number of amides is 2. The van der Waals surface area contributed by atoms with E-state index >= 15 is 0 Å². The van der Waals surface area contributed by atoms with Crippen molar-refractivity contribution in [3.05, 3.63) is 47.4 Å². The summed E-state index contributed by atoms with van der Waals surface area (Å²) in [6.07, 6.45) is 4.92. The quantitative estimate of drug-likeness (QED) is 0.643. The zero-order valence-corrected chi connectivity index (χ0v) is 19.1. The Hall–Kier alpha value is -2.54. The molecule has 7 heteroatoms. The summed E-state index contributed by atoms with van der Waals surface area (Å²) in [5.74, 6) is 1.47. The number of carbonyl (C=O) groups excluding carboxylic acids is 2. The van der Waals surface area contributed by atoms with Gasteiger partial charge >= 0.3 is 0 Å². The number of hydrogen-bond donors (Lipinski definition) is 1. The van der Waals surface area contributed by atoms with Crippen LogP contribution < -0.4 is 5.32 Å². The Morgan fingerprint density at radius 1 is 1.32 bits per heavy atom. The molecule has 0 spiro atoms. The minimum absolute atomic E-state index is 0.0823. The minimum Gasteiger partial charge on any atom is -0.467 e. The van der Waals surface area contributed by atoms with Crippen LogP contribution in [-0.2, 0) is 17.9 Å². The van der Waals surface area contributed by atoms with Crippen LogP contribution >= 0.6 is 11.3 Å². The van der Waals surface area contributed by atoms with Gasteiger partial charge in [-0.2, -0.15) is 0 Å². The molecular weight excluding hydrogens is 410 g/mol. The molecular formula is C24H29N3O3S. The van der Waals surface area contributed by atoms with E-state index in [0.717, 1.165) is 23.1 Å². The third-order valence-corrected chi connectivity index (χ3v) is 8.31. The summed E-state index contributed by atoms with van der Waals surface area (Å²) in [6, 6.07) is 7.77. The van der Waals surface area contributed by atoms with E-state index < -0.39 is 5.54 Å². The second-order valence-electron chi connectivity index (χ2n) is 9.38. The highest BCUT2D eigenvalue weighted by molar-refractivity contribution is 7.17. The Kier molecular flexibility index (Phi) is 4.96. The highest BCUT2D eigenvalue weighted by Gasteiger charge is 2.49. The van der Waals surface area contributed by atoms with Gasteiger partial charge in [0.15, 0.2) is 0 Å². The molecule has 164 valence electrons. The van der Waals surface area contributed by atoms with Crippen LogP contribution in [0.4, 0.5) is 0 Å². The van der Waals surface area contributed by atoms with Crippen LogP contribution in [0.5, 0.6) is 0 Å². The summed E-state index contributed by atoms with van der Waals surface area (Å²) in [6.45, 7) is 7.07. The molecule has 2 aliphatic rings. The van der Waals surface area contributed by atoms with Gasteiger partial charge in [0, 0.05) is 6.04 Å². The van der Waals surface area contributed by atoms with Gasteiger partial charge in [0.1, 0.15) is 17.0 Å². The van der Waals surface area contributed by atoms with Crippen LogP contribution in [-0.4, -0.2) is 32.9 Å². The van der Waals surface area contributed by atoms with Gasteiger partial charge in [-0.25, -0.2) is 0 Å². The molecule has 2 amide bonds. The predicted octanol–water partition coefficient (Wildman–Crippen LogP) is 4.65. The first-order valence-corrected chi connectivity index (χ1v) is 12.0. The molecule has 1 aliphatic heterocycles. The molecule has 3 aromatic rings. The molecule has 0 bridgehead atoms. The van der Waals surface area contributed by atoms with E-state index in [-0.39, 0.29) is 24.4 Å². The Morgan fingerprint density at radius 3 is 2.94 bits per heavy atom. The van der Waals surface area contributed by atoms with Gasteiger partial charge in [-0.15, -0.1) is 11.3 Å². The van der Waals surface area contributed by atoms with Gasteiger partial charge in [-0.1, -0.05) is 26.7 Å². The summed E-state index contributed by atoms with van der Waals surface area (Å²) in [5, 5.41) is 5.36. The summed E-state index contributed by atoms with van der Waals surface area (Å²) in [4.78, 5) is 29.1. The first-order valence-electron chi connectivity index (χ1n) is 11.1. The molecule has 0 saturated heterocycles. The van der Waals surface area contributed by atoms with Crippen molar-refractivity contribution in [2.75, 3.05) is 0 Å². The molecule has 6 nitrogen and oxygen atoms in total. The van der Waals surface area contributed by atoms with Crippen molar-refractivity contribution in [1.29, 1.82) is 0 Å². The van der Waals surface area contributed by atoms with Crippen LogP contribution in [0.15, 0.2) is 40.3 Å². The Morgan fingerprint density at radius 2 is 2.16 bits per heavy atom. The maximum absolute atomic E-state index is 13.8. The first-order chi connectivity index (χ1) is 14.9. The van der Waals surface area contributed by atoms with Gasteiger partial charge in [-0.3, -0.25) is 9.59 Å². The first kappa shape index (κ1) is 20.4. The van der Waals surface area contributed by atoms with E-state index in [1.54, 1.807) is 22.5 Å². The van der Waals surface area contributed by atoms with E-state index in [1.165, 1.54) is 6.42 Å². The molecule has 31 heavy (non-hydrogen) atoms. The summed E-state index contributed by atoms with van der Waals surface area (Å²) in [5.41, 5.74) is 0.647. The molecule has 1 N–H and O–H groups in total. The van der Waals surface area contributed by atoms with Crippen LogP contribution in [0.2, 0.25) is 0 Å². The van der Waals surface area contributed by atoms with E-state index in [0.29, 0.717) is 29.8 Å². The Labute approximate surface area is 186 Å². The van der Waals surface area contributed by atoms with Crippen molar-refractivity contribution in [3.63, 3.8) is 0 Å². The van der Waals surface area contributed by atoms with Crippen LogP contribution in [0.3, 0.4) is 0 Å². The van der Waals surface area contributed by atoms with Gasteiger partial charge in [0.2, 0.25) is 5.91 Å². The molecule has 4 atom stereocenters. The lowest BCUT2D eigenvalue weighted by molar-refractivity contribution is -0.134. The zero-order chi connectivity index (χ0) is 21.8. The largest absolute Gasteiger partial charge is 0.467 e. The number of nitrogens with one attached hydrogen (secondary N) is 1. The molecule has 1 saturated carbocycles. The van der Waals surface area contributed by atoms with Crippen molar-refractivity contribution < 1.29 is 14.0 Å². The fourth-order valence-corrected chi connectivity index (χ4v) is 6.01. The lowest BCUT2D eigenvalue weighted by Gasteiger charge is -2.45. The summed E-state index contributed by atoms with van der Waals surface area (Å²) >= 11 is 1.62. The predicted molar refractivity (Wildman–Crippen MR) is 121 cm³/mol. The molecule has 4 unspecified atom stereocenters. The van der Waals surface area contributed by atoms with Crippen LogP contribution in [0.1, 0.15) is 56.3 Å². The molecule has 1 fully saturated rings. The fraction of sp³-hybridized carbons (Fsp3) is 0.500. The molecule has 0 radical (unpaired) electrons. The minimum atomic E-state index is -1.01. The van der Waals surface area contributed by atoms with Gasteiger partial charge in [-0.05, 0) is 54.8 Å². The topological polar surface area (TPSA) is 67.5 Å². The van der Waals surface area contributed by atoms with Crippen molar-refractivity contribution in [2.45, 2.75) is 64.7 Å². The maximum atomic E-state index is 13.8. The number of thiophene rings is 1. The normalized spacial score (nSPS) is 28.7. The number of furan rings is 1. The fourth-order valence-electron chi connectivity index (χ4n) is 5.19. The lowest BCUT2D eigenvalue weighted by Crippen LogP contribution is -2.65. The van der Waals surface area contributed by atoms with E-state index in [4.69, 9.17) is 4.42 Å². The van der Waals surface area contributed by atoms with E-state index in [1.807, 2.05) is 41.1 Å². The van der Waals surface area contributed by atoms with Gasteiger partial charge in [0.05, 0.1) is 29.6 Å². The molecule has 3 aromatic heterocycles. The molecule has 1 aliphatic carbocycles.